The van der Waals surface area contributed by atoms with Gasteiger partial charge in [-0.05, 0) is 24.6 Å². The van der Waals surface area contributed by atoms with Crippen molar-refractivity contribution >= 4 is 33.2 Å². The van der Waals surface area contributed by atoms with Crippen molar-refractivity contribution in [1.82, 2.24) is 4.72 Å². The lowest BCUT2D eigenvalue weighted by Gasteiger charge is -2.08. The molecule has 0 fully saturated rings. The van der Waals surface area contributed by atoms with Crippen LogP contribution in [0.1, 0.15) is 90.4 Å². The summed E-state index contributed by atoms with van der Waals surface area (Å²) in [6.07, 6.45) is 16.5. The lowest BCUT2D eigenvalue weighted by atomic mass is 10.0. The molecule has 0 atom stereocenters. The largest absolute Gasteiger partial charge is 0.240 e. The average Bonchev–Trinajstić information content (AvgIpc) is 2.61. The molecular weight excluding hydrogens is 401 g/mol. The van der Waals surface area contributed by atoms with Crippen LogP contribution in [0, 0.1) is 0 Å². The average molecular weight is 436 g/mol. The molecule has 6 heteroatoms. The Morgan fingerprint density at radius 1 is 0.704 bits per heavy atom. The monoisotopic (exact) mass is 435 g/mol. The summed E-state index contributed by atoms with van der Waals surface area (Å²) < 4.78 is 27.1. The number of rotatable bonds is 16. The fourth-order valence-corrected chi connectivity index (χ4v) is 4.92. The van der Waals surface area contributed by atoms with E-state index in [1.807, 2.05) is 0 Å². The number of hydrogen-bond acceptors (Lipinski definition) is 2. The van der Waals surface area contributed by atoms with Crippen LogP contribution in [0.15, 0.2) is 23.1 Å². The highest BCUT2D eigenvalue weighted by molar-refractivity contribution is 7.89. The van der Waals surface area contributed by atoms with E-state index in [9.17, 15) is 8.42 Å². The number of unbranched alkanes of at least 4 members (excludes halogenated alkanes) is 12. The van der Waals surface area contributed by atoms with E-state index in [0.717, 1.165) is 12.8 Å². The van der Waals surface area contributed by atoms with E-state index in [4.69, 9.17) is 23.2 Å². The quantitative estimate of drug-likeness (QED) is 0.275. The second kappa shape index (κ2) is 14.7. The van der Waals surface area contributed by atoms with Gasteiger partial charge in [0.15, 0.2) is 0 Å². The third kappa shape index (κ3) is 12.0. The molecule has 0 unspecified atom stereocenters. The summed E-state index contributed by atoms with van der Waals surface area (Å²) in [5.74, 6) is 0. The zero-order valence-corrected chi connectivity index (χ0v) is 18.9. The van der Waals surface area contributed by atoms with Gasteiger partial charge in [0.25, 0.3) is 0 Å². The Morgan fingerprint density at radius 3 is 1.56 bits per heavy atom. The molecular formula is C21H35Cl2NO2S. The summed E-state index contributed by atoms with van der Waals surface area (Å²) in [5, 5.41) is 0.646. The van der Waals surface area contributed by atoms with Crippen LogP contribution in [0.4, 0.5) is 0 Å². The Balaban J connectivity index is 2.01. The zero-order chi connectivity index (χ0) is 20.0. The van der Waals surface area contributed by atoms with Crippen molar-refractivity contribution in [2.75, 3.05) is 6.54 Å². The molecule has 0 saturated carbocycles. The molecule has 0 aliphatic carbocycles. The van der Waals surface area contributed by atoms with Crippen molar-refractivity contribution in [3.05, 3.63) is 28.2 Å². The van der Waals surface area contributed by atoms with Gasteiger partial charge >= 0.3 is 0 Å². The van der Waals surface area contributed by atoms with Crippen LogP contribution in [-0.4, -0.2) is 15.0 Å². The molecule has 0 spiro atoms. The lowest BCUT2D eigenvalue weighted by molar-refractivity contribution is 0.536. The van der Waals surface area contributed by atoms with Crippen molar-refractivity contribution in [3.8, 4) is 0 Å². The predicted molar refractivity (Wildman–Crippen MR) is 117 cm³/mol. The Bertz CT molecular complexity index is 600. The zero-order valence-electron chi connectivity index (χ0n) is 16.6. The van der Waals surface area contributed by atoms with Crippen molar-refractivity contribution in [1.29, 1.82) is 0 Å². The molecule has 1 aromatic carbocycles. The Kier molecular flexibility index (Phi) is 13.4. The summed E-state index contributed by atoms with van der Waals surface area (Å²) in [4.78, 5) is 0.120. The van der Waals surface area contributed by atoms with Gasteiger partial charge in [-0.3, -0.25) is 0 Å². The summed E-state index contributed by atoms with van der Waals surface area (Å²) in [7, 11) is -3.54. The van der Waals surface area contributed by atoms with Gasteiger partial charge in [0, 0.05) is 16.6 Å². The fraction of sp³-hybridized carbons (Fsp3) is 0.714. The smallest absolute Gasteiger partial charge is 0.211 e. The molecule has 1 N–H and O–H groups in total. The van der Waals surface area contributed by atoms with Crippen LogP contribution < -0.4 is 4.72 Å². The van der Waals surface area contributed by atoms with E-state index in [0.29, 0.717) is 16.6 Å². The van der Waals surface area contributed by atoms with E-state index in [2.05, 4.69) is 11.6 Å². The van der Waals surface area contributed by atoms with E-state index >= 15 is 0 Å². The highest BCUT2D eigenvalue weighted by Crippen LogP contribution is 2.22. The Morgan fingerprint density at radius 2 is 1.11 bits per heavy atom. The van der Waals surface area contributed by atoms with E-state index in [1.54, 1.807) is 0 Å². The molecule has 0 saturated heterocycles. The molecule has 1 aromatic rings. The van der Waals surface area contributed by atoms with E-state index in [-0.39, 0.29) is 4.90 Å². The van der Waals surface area contributed by atoms with E-state index in [1.165, 1.54) is 88.8 Å². The van der Waals surface area contributed by atoms with Crippen molar-refractivity contribution in [2.24, 2.45) is 0 Å². The molecule has 156 valence electrons. The fourth-order valence-electron chi connectivity index (χ4n) is 3.12. The molecule has 0 aromatic heterocycles. The third-order valence-corrected chi connectivity index (χ3v) is 6.60. The van der Waals surface area contributed by atoms with Gasteiger partial charge in [-0.2, -0.15) is 0 Å². The highest BCUT2D eigenvalue weighted by atomic mass is 35.5. The van der Waals surface area contributed by atoms with Crippen molar-refractivity contribution < 1.29 is 8.42 Å². The first-order chi connectivity index (χ1) is 13.0. The second-order valence-electron chi connectivity index (χ2n) is 7.25. The standard InChI is InChI=1S/C21H35Cl2NO2S/c1-2-3-4-5-6-7-8-9-10-11-12-13-14-15-24-27(25,26)21-17-19(22)16-20(23)18-21/h16-18,24H,2-15H2,1H3. The summed E-state index contributed by atoms with van der Waals surface area (Å²) >= 11 is 11.7. The molecule has 0 bridgehead atoms. The molecule has 0 heterocycles. The summed E-state index contributed by atoms with van der Waals surface area (Å²) in [6.45, 7) is 2.70. The Hall–Kier alpha value is -0.290. The summed E-state index contributed by atoms with van der Waals surface area (Å²) in [5.41, 5.74) is 0. The van der Waals surface area contributed by atoms with Gasteiger partial charge in [-0.1, -0.05) is 107 Å². The number of hydrogen-bond donors (Lipinski definition) is 1. The maximum Gasteiger partial charge on any atom is 0.240 e. The Labute approximate surface area is 176 Å². The lowest BCUT2D eigenvalue weighted by Crippen LogP contribution is -2.24. The minimum absolute atomic E-state index is 0.120. The molecule has 0 aliphatic heterocycles. The van der Waals surface area contributed by atoms with Crippen LogP contribution >= 0.6 is 23.2 Å². The van der Waals surface area contributed by atoms with Crippen LogP contribution in [0.5, 0.6) is 0 Å². The number of halogens is 2. The number of benzene rings is 1. The molecule has 27 heavy (non-hydrogen) atoms. The van der Waals surface area contributed by atoms with Crippen LogP contribution in [-0.2, 0) is 10.0 Å². The van der Waals surface area contributed by atoms with Crippen molar-refractivity contribution in [3.63, 3.8) is 0 Å². The topological polar surface area (TPSA) is 46.2 Å². The minimum atomic E-state index is -3.54. The minimum Gasteiger partial charge on any atom is -0.211 e. The van der Waals surface area contributed by atoms with Gasteiger partial charge < -0.3 is 0 Å². The molecule has 3 nitrogen and oxygen atoms in total. The molecule has 0 aliphatic rings. The maximum absolute atomic E-state index is 12.2. The van der Waals surface area contributed by atoms with Gasteiger partial charge in [0.1, 0.15) is 0 Å². The SMILES string of the molecule is CCCCCCCCCCCCCCCNS(=O)(=O)c1cc(Cl)cc(Cl)c1. The van der Waals surface area contributed by atoms with Gasteiger partial charge in [-0.15, -0.1) is 0 Å². The molecule has 0 amide bonds. The van der Waals surface area contributed by atoms with Crippen LogP contribution in [0.2, 0.25) is 10.0 Å². The highest BCUT2D eigenvalue weighted by Gasteiger charge is 2.14. The van der Waals surface area contributed by atoms with Crippen molar-refractivity contribution in [2.45, 2.75) is 95.3 Å². The molecule has 0 radical (unpaired) electrons. The first-order valence-corrected chi connectivity index (χ1v) is 12.7. The molecule has 1 rings (SSSR count). The van der Waals surface area contributed by atoms with Gasteiger partial charge in [-0.25, -0.2) is 13.1 Å². The number of sulfonamides is 1. The normalized spacial score (nSPS) is 11.8. The van der Waals surface area contributed by atoms with Crippen LogP contribution in [0.25, 0.3) is 0 Å². The van der Waals surface area contributed by atoms with Gasteiger partial charge in [0.2, 0.25) is 10.0 Å². The first-order valence-electron chi connectivity index (χ1n) is 10.4. The predicted octanol–water partition coefficient (Wildman–Crippen LogP) is 7.36. The van der Waals surface area contributed by atoms with Gasteiger partial charge in [0.05, 0.1) is 4.90 Å². The second-order valence-corrected chi connectivity index (χ2v) is 9.89. The van der Waals surface area contributed by atoms with E-state index < -0.39 is 10.0 Å². The maximum atomic E-state index is 12.2. The first kappa shape index (κ1) is 24.7. The number of nitrogens with one attached hydrogen (secondary N) is 1. The summed E-state index contributed by atoms with van der Waals surface area (Å²) in [6, 6.07) is 4.35. The van der Waals surface area contributed by atoms with Crippen LogP contribution in [0.3, 0.4) is 0 Å². The third-order valence-electron chi connectivity index (χ3n) is 4.72.